The number of carbonyl (C=O) groups is 2. The third kappa shape index (κ3) is 3.99. The van der Waals surface area contributed by atoms with Crippen molar-refractivity contribution in [3.05, 3.63) is 59.1 Å². The van der Waals surface area contributed by atoms with Crippen molar-refractivity contribution in [3.8, 4) is 17.1 Å². The van der Waals surface area contributed by atoms with Crippen LogP contribution in [0.4, 0.5) is 4.79 Å². The average molecular weight is 428 g/mol. The number of aromatic nitrogens is 3. The van der Waals surface area contributed by atoms with E-state index < -0.39 is 0 Å². The molecule has 1 fully saturated rings. The Labute approximate surface area is 177 Å². The van der Waals surface area contributed by atoms with Crippen LogP contribution < -0.4 is 5.32 Å². The molecule has 3 amide bonds. The van der Waals surface area contributed by atoms with E-state index in [1.165, 1.54) is 16.7 Å². The second-order valence-corrected chi connectivity index (χ2v) is 7.88. The molecule has 0 spiro atoms. The Bertz CT molecular complexity index is 1070. The predicted molar refractivity (Wildman–Crippen MR) is 112 cm³/mol. The lowest BCUT2D eigenvalue weighted by molar-refractivity contribution is -0.124. The van der Waals surface area contributed by atoms with Crippen molar-refractivity contribution >= 4 is 35.3 Å². The van der Waals surface area contributed by atoms with Crippen molar-refractivity contribution in [3.63, 3.8) is 0 Å². The SMILES string of the molecule is Cc1ccccc1-n1c(SCC(=O)N2CCNC2=O)nnc1-c1ccc(Cl)cc1. The van der Waals surface area contributed by atoms with E-state index in [0.717, 1.165) is 16.8 Å². The van der Waals surface area contributed by atoms with Crippen LogP contribution in [0.15, 0.2) is 53.7 Å². The summed E-state index contributed by atoms with van der Waals surface area (Å²) in [4.78, 5) is 25.4. The van der Waals surface area contributed by atoms with Gasteiger partial charge in [-0.05, 0) is 42.8 Å². The van der Waals surface area contributed by atoms with Crippen LogP contribution in [0, 0.1) is 6.92 Å². The molecule has 0 radical (unpaired) electrons. The molecule has 0 aliphatic carbocycles. The van der Waals surface area contributed by atoms with Crippen molar-refractivity contribution in [2.24, 2.45) is 0 Å². The third-order valence-corrected chi connectivity index (χ3v) is 5.74. The monoisotopic (exact) mass is 427 g/mol. The molecule has 1 aromatic heterocycles. The summed E-state index contributed by atoms with van der Waals surface area (Å²) < 4.78 is 1.93. The number of halogens is 1. The Kier molecular flexibility index (Phi) is 5.55. The van der Waals surface area contributed by atoms with Crippen molar-refractivity contribution in [1.82, 2.24) is 25.0 Å². The molecule has 4 rings (SSSR count). The molecule has 0 atom stereocenters. The molecule has 7 nitrogen and oxygen atoms in total. The summed E-state index contributed by atoms with van der Waals surface area (Å²) >= 11 is 7.28. The maximum Gasteiger partial charge on any atom is 0.324 e. The standard InChI is InChI=1S/C20H18ClN5O2S/c1-13-4-2-3-5-16(13)26-18(14-6-8-15(21)9-7-14)23-24-20(26)29-12-17(27)25-11-10-22-19(25)28/h2-9H,10-12H2,1H3,(H,22,28). The second kappa shape index (κ2) is 8.26. The summed E-state index contributed by atoms with van der Waals surface area (Å²) in [5.41, 5.74) is 2.84. The molecule has 0 unspecified atom stereocenters. The Morgan fingerprint density at radius 1 is 1.17 bits per heavy atom. The molecule has 1 aliphatic rings. The van der Waals surface area contributed by atoms with Gasteiger partial charge in [-0.1, -0.05) is 41.6 Å². The lowest BCUT2D eigenvalue weighted by atomic mass is 10.1. The van der Waals surface area contributed by atoms with E-state index in [1.807, 2.05) is 47.9 Å². The smallest absolute Gasteiger partial charge is 0.324 e. The minimum Gasteiger partial charge on any atom is -0.336 e. The van der Waals surface area contributed by atoms with Crippen LogP contribution >= 0.6 is 23.4 Å². The van der Waals surface area contributed by atoms with Gasteiger partial charge in [-0.2, -0.15) is 0 Å². The fraction of sp³-hybridized carbons (Fsp3) is 0.200. The van der Waals surface area contributed by atoms with Gasteiger partial charge in [0.2, 0.25) is 5.91 Å². The molecule has 2 heterocycles. The molecule has 0 bridgehead atoms. The van der Waals surface area contributed by atoms with Gasteiger partial charge in [0.25, 0.3) is 0 Å². The Morgan fingerprint density at radius 3 is 2.62 bits per heavy atom. The number of aryl methyl sites for hydroxylation is 1. The van der Waals surface area contributed by atoms with Gasteiger partial charge in [0.1, 0.15) is 0 Å². The van der Waals surface area contributed by atoms with Crippen LogP contribution in [-0.4, -0.2) is 50.4 Å². The summed E-state index contributed by atoms with van der Waals surface area (Å²) in [5.74, 6) is 0.500. The summed E-state index contributed by atoms with van der Waals surface area (Å²) in [6.07, 6.45) is 0. The zero-order valence-corrected chi connectivity index (χ0v) is 17.2. The zero-order chi connectivity index (χ0) is 20.4. The highest BCUT2D eigenvalue weighted by Crippen LogP contribution is 2.30. The Hall–Kier alpha value is -2.84. The number of hydrogen-bond donors (Lipinski definition) is 1. The number of amides is 3. The largest absolute Gasteiger partial charge is 0.336 e. The van der Waals surface area contributed by atoms with E-state index in [9.17, 15) is 9.59 Å². The lowest BCUT2D eigenvalue weighted by Crippen LogP contribution is -2.35. The maximum atomic E-state index is 12.4. The normalized spacial score (nSPS) is 13.6. The van der Waals surface area contributed by atoms with Gasteiger partial charge in [-0.25, -0.2) is 4.79 Å². The van der Waals surface area contributed by atoms with E-state index in [-0.39, 0.29) is 17.7 Å². The zero-order valence-electron chi connectivity index (χ0n) is 15.6. The molecule has 9 heteroatoms. The van der Waals surface area contributed by atoms with Crippen LogP contribution in [0.25, 0.3) is 17.1 Å². The van der Waals surface area contributed by atoms with E-state index in [1.54, 1.807) is 12.1 Å². The summed E-state index contributed by atoms with van der Waals surface area (Å²) in [6, 6.07) is 14.9. The van der Waals surface area contributed by atoms with Crippen molar-refractivity contribution in [2.75, 3.05) is 18.8 Å². The summed E-state index contributed by atoms with van der Waals surface area (Å²) in [5, 5.41) is 12.5. The van der Waals surface area contributed by atoms with Crippen LogP contribution in [-0.2, 0) is 4.79 Å². The van der Waals surface area contributed by atoms with Crippen molar-refractivity contribution < 1.29 is 9.59 Å². The molecule has 2 aromatic carbocycles. The molecule has 0 saturated carbocycles. The number of thioether (sulfide) groups is 1. The van der Waals surface area contributed by atoms with E-state index in [0.29, 0.717) is 29.1 Å². The average Bonchev–Trinajstić information content (AvgIpc) is 3.33. The molecular formula is C20H18ClN5O2S. The van der Waals surface area contributed by atoms with Gasteiger partial charge < -0.3 is 5.32 Å². The highest BCUT2D eigenvalue weighted by molar-refractivity contribution is 7.99. The Morgan fingerprint density at radius 2 is 1.93 bits per heavy atom. The van der Waals surface area contributed by atoms with Gasteiger partial charge in [0.15, 0.2) is 11.0 Å². The first-order chi connectivity index (χ1) is 14.0. The topological polar surface area (TPSA) is 80.1 Å². The highest BCUT2D eigenvalue weighted by Gasteiger charge is 2.27. The summed E-state index contributed by atoms with van der Waals surface area (Å²) in [6.45, 7) is 2.88. The molecule has 148 valence electrons. The first-order valence-electron chi connectivity index (χ1n) is 9.03. The van der Waals surface area contributed by atoms with Crippen LogP contribution in [0.5, 0.6) is 0 Å². The molecule has 1 N–H and O–H groups in total. The van der Waals surface area contributed by atoms with Crippen molar-refractivity contribution in [1.29, 1.82) is 0 Å². The van der Waals surface area contributed by atoms with Gasteiger partial charge in [0, 0.05) is 23.7 Å². The Balaban J connectivity index is 1.68. The number of benzene rings is 2. The quantitative estimate of drug-likeness (QED) is 0.630. The predicted octanol–water partition coefficient (Wildman–Crippen LogP) is 3.54. The number of rotatable bonds is 5. The fourth-order valence-electron chi connectivity index (χ4n) is 3.09. The lowest BCUT2D eigenvalue weighted by Gasteiger charge is -2.14. The fourth-order valence-corrected chi connectivity index (χ4v) is 4.04. The van der Waals surface area contributed by atoms with Gasteiger partial charge in [-0.3, -0.25) is 14.3 Å². The number of urea groups is 1. The second-order valence-electron chi connectivity index (χ2n) is 6.50. The highest BCUT2D eigenvalue weighted by atomic mass is 35.5. The summed E-state index contributed by atoms with van der Waals surface area (Å²) in [7, 11) is 0. The first-order valence-corrected chi connectivity index (χ1v) is 10.4. The van der Waals surface area contributed by atoms with Crippen LogP contribution in [0.1, 0.15) is 5.56 Å². The van der Waals surface area contributed by atoms with Gasteiger partial charge >= 0.3 is 6.03 Å². The third-order valence-electron chi connectivity index (χ3n) is 4.57. The van der Waals surface area contributed by atoms with Gasteiger partial charge in [0.05, 0.1) is 11.4 Å². The molecule has 1 aliphatic heterocycles. The minimum absolute atomic E-state index is 0.0953. The van der Waals surface area contributed by atoms with Crippen molar-refractivity contribution in [2.45, 2.75) is 12.1 Å². The molecule has 3 aromatic rings. The number of nitrogens with one attached hydrogen (secondary N) is 1. The maximum absolute atomic E-state index is 12.4. The number of para-hydroxylation sites is 1. The van der Waals surface area contributed by atoms with Gasteiger partial charge in [-0.15, -0.1) is 10.2 Å². The van der Waals surface area contributed by atoms with E-state index >= 15 is 0 Å². The molecule has 29 heavy (non-hydrogen) atoms. The first kappa shape index (κ1) is 19.5. The van der Waals surface area contributed by atoms with E-state index in [4.69, 9.17) is 11.6 Å². The number of imide groups is 1. The molecule has 1 saturated heterocycles. The van der Waals surface area contributed by atoms with E-state index in [2.05, 4.69) is 15.5 Å². The number of hydrogen-bond acceptors (Lipinski definition) is 5. The molecular weight excluding hydrogens is 410 g/mol. The van der Waals surface area contributed by atoms with Crippen LogP contribution in [0.3, 0.4) is 0 Å². The number of nitrogens with zero attached hydrogens (tertiary/aromatic N) is 4. The minimum atomic E-state index is -0.349. The van der Waals surface area contributed by atoms with Crippen LogP contribution in [0.2, 0.25) is 5.02 Å². The number of carbonyl (C=O) groups excluding carboxylic acids is 2.